The van der Waals surface area contributed by atoms with Crippen LogP contribution in [0.3, 0.4) is 0 Å². The molecule has 82 valence electrons. The van der Waals surface area contributed by atoms with Gasteiger partial charge in [0.05, 0.1) is 0 Å². The molecule has 0 atom stereocenters. The number of hydrogen-bond donors (Lipinski definition) is 1. The van der Waals surface area contributed by atoms with E-state index in [4.69, 9.17) is 5.73 Å². The highest BCUT2D eigenvalue weighted by molar-refractivity contribution is 5.45. The molecule has 2 heteroatoms. The van der Waals surface area contributed by atoms with Gasteiger partial charge in [0.25, 0.3) is 0 Å². The number of benzene rings is 1. The molecule has 0 aliphatic heterocycles. The van der Waals surface area contributed by atoms with Crippen LogP contribution in [0.4, 0.5) is 10.1 Å². The van der Waals surface area contributed by atoms with Gasteiger partial charge in [-0.05, 0) is 24.6 Å². The molecular formula is C12H22FN. The van der Waals surface area contributed by atoms with Crippen molar-refractivity contribution >= 4 is 5.69 Å². The fourth-order valence-electron chi connectivity index (χ4n) is 0.611. The first-order chi connectivity index (χ1) is 6.61. The van der Waals surface area contributed by atoms with Gasteiger partial charge in [0.2, 0.25) is 0 Å². The number of halogens is 1. The summed E-state index contributed by atoms with van der Waals surface area (Å²) >= 11 is 0. The minimum absolute atomic E-state index is 0.280. The van der Waals surface area contributed by atoms with Crippen LogP contribution in [-0.4, -0.2) is 0 Å². The maximum absolute atomic E-state index is 12.3. The first kappa shape index (κ1) is 15.4. The lowest BCUT2D eigenvalue weighted by molar-refractivity contribution is 0.628. The molecule has 2 N–H and O–H groups in total. The summed E-state index contributed by atoms with van der Waals surface area (Å²) in [4.78, 5) is 0. The summed E-state index contributed by atoms with van der Waals surface area (Å²) in [6.45, 7) is 10.1. The second-order valence-electron chi connectivity index (χ2n) is 2.71. The molecule has 0 aliphatic rings. The summed E-state index contributed by atoms with van der Waals surface area (Å²) in [5, 5.41) is 0. The Labute approximate surface area is 87.1 Å². The van der Waals surface area contributed by atoms with Crippen LogP contribution in [0.1, 0.15) is 39.7 Å². The number of rotatable bonds is 0. The zero-order valence-electron chi connectivity index (χ0n) is 9.89. The van der Waals surface area contributed by atoms with E-state index >= 15 is 0 Å². The molecule has 14 heavy (non-hydrogen) atoms. The molecule has 0 fully saturated rings. The summed E-state index contributed by atoms with van der Waals surface area (Å²) in [5.74, 6) is -0.280. The predicted molar refractivity (Wildman–Crippen MR) is 62.9 cm³/mol. The van der Waals surface area contributed by atoms with E-state index in [9.17, 15) is 4.39 Å². The van der Waals surface area contributed by atoms with Crippen molar-refractivity contribution in [1.82, 2.24) is 0 Å². The predicted octanol–water partition coefficient (Wildman–Crippen LogP) is 4.16. The Hall–Kier alpha value is -1.05. The number of nitrogen functional groups attached to an aromatic ring is 1. The molecule has 1 rings (SSSR count). The highest BCUT2D eigenvalue weighted by atomic mass is 19.1. The number of anilines is 1. The lowest BCUT2D eigenvalue weighted by Crippen LogP contribution is -1.89. The van der Waals surface area contributed by atoms with Gasteiger partial charge in [-0.2, -0.15) is 0 Å². The molecule has 1 nitrogen and oxygen atoms in total. The molecule has 0 aromatic heterocycles. The Bertz CT molecular complexity index is 234. The van der Waals surface area contributed by atoms with Gasteiger partial charge in [-0.25, -0.2) is 4.39 Å². The Balaban J connectivity index is 0. The summed E-state index contributed by atoms with van der Waals surface area (Å²) in [6, 6.07) is 4.37. The topological polar surface area (TPSA) is 26.0 Å². The number of nitrogens with two attached hydrogens (primary N) is 1. The van der Waals surface area contributed by atoms with E-state index in [0.717, 1.165) is 5.56 Å². The quantitative estimate of drug-likeness (QED) is 0.624. The molecule has 0 amide bonds. The Kier molecular flexibility index (Phi) is 11.1. The van der Waals surface area contributed by atoms with Gasteiger partial charge >= 0.3 is 0 Å². The summed E-state index contributed by atoms with van der Waals surface area (Å²) in [5.41, 5.74) is 6.80. The first-order valence-corrected chi connectivity index (χ1v) is 5.13. The molecule has 0 saturated heterocycles. The van der Waals surface area contributed by atoms with E-state index < -0.39 is 0 Å². The average molecular weight is 199 g/mol. The molecule has 0 aliphatic carbocycles. The van der Waals surface area contributed by atoms with Crippen molar-refractivity contribution in [3.05, 3.63) is 29.6 Å². The van der Waals surface area contributed by atoms with Crippen LogP contribution in [0, 0.1) is 12.7 Å². The van der Waals surface area contributed by atoms with Crippen LogP contribution in [0.15, 0.2) is 18.2 Å². The van der Waals surface area contributed by atoms with Gasteiger partial charge in [-0.15, -0.1) is 0 Å². The van der Waals surface area contributed by atoms with Crippen LogP contribution in [-0.2, 0) is 0 Å². The van der Waals surface area contributed by atoms with Crippen LogP contribution in [0.5, 0.6) is 0 Å². The number of aryl methyl sites for hydroxylation is 1. The van der Waals surface area contributed by atoms with E-state index in [1.54, 1.807) is 6.07 Å². The molecule has 0 radical (unpaired) electrons. The fraction of sp³-hybridized carbons (Fsp3) is 0.500. The average Bonchev–Trinajstić information content (AvgIpc) is 2.17. The first-order valence-electron chi connectivity index (χ1n) is 5.13. The normalized spacial score (nSPS) is 7.86. The largest absolute Gasteiger partial charge is 0.398 e. The summed E-state index contributed by atoms with van der Waals surface area (Å²) in [7, 11) is 0. The van der Waals surface area contributed by atoms with E-state index in [0.29, 0.717) is 5.69 Å². The van der Waals surface area contributed by atoms with Gasteiger partial charge < -0.3 is 5.73 Å². The van der Waals surface area contributed by atoms with Crippen molar-refractivity contribution in [1.29, 1.82) is 0 Å². The molecular weight excluding hydrogens is 177 g/mol. The van der Waals surface area contributed by atoms with Gasteiger partial charge in [0.15, 0.2) is 0 Å². The molecule has 0 unspecified atom stereocenters. The third-order valence-electron chi connectivity index (χ3n) is 1.24. The van der Waals surface area contributed by atoms with E-state index in [2.05, 4.69) is 13.8 Å². The third-order valence-corrected chi connectivity index (χ3v) is 1.24. The minimum atomic E-state index is -0.280. The van der Waals surface area contributed by atoms with E-state index in [1.807, 2.05) is 20.8 Å². The van der Waals surface area contributed by atoms with Gasteiger partial charge in [0.1, 0.15) is 5.82 Å². The van der Waals surface area contributed by atoms with Gasteiger partial charge in [-0.1, -0.05) is 40.2 Å². The van der Waals surface area contributed by atoms with Crippen molar-refractivity contribution in [3.63, 3.8) is 0 Å². The zero-order chi connectivity index (χ0) is 11.6. The lowest BCUT2D eigenvalue weighted by atomic mass is 10.2. The monoisotopic (exact) mass is 199 g/mol. The Morgan fingerprint density at radius 1 is 1.21 bits per heavy atom. The molecule has 0 heterocycles. The Morgan fingerprint density at radius 2 is 1.64 bits per heavy atom. The van der Waals surface area contributed by atoms with Crippen LogP contribution >= 0.6 is 0 Å². The van der Waals surface area contributed by atoms with Crippen molar-refractivity contribution in [3.8, 4) is 0 Å². The van der Waals surface area contributed by atoms with Gasteiger partial charge in [0, 0.05) is 5.69 Å². The third kappa shape index (κ3) is 7.59. The highest BCUT2D eigenvalue weighted by Gasteiger charge is 1.92. The summed E-state index contributed by atoms with van der Waals surface area (Å²) < 4.78 is 12.3. The molecule has 0 saturated carbocycles. The SMILES string of the molecule is CC.CCC.Cc1ccc(F)cc1N. The van der Waals surface area contributed by atoms with Crippen LogP contribution < -0.4 is 5.73 Å². The maximum Gasteiger partial charge on any atom is 0.125 e. The van der Waals surface area contributed by atoms with Crippen molar-refractivity contribution in [2.24, 2.45) is 0 Å². The second kappa shape index (κ2) is 10.0. The van der Waals surface area contributed by atoms with Crippen LogP contribution in [0.2, 0.25) is 0 Å². The molecule has 1 aromatic carbocycles. The van der Waals surface area contributed by atoms with E-state index in [-0.39, 0.29) is 5.82 Å². The lowest BCUT2D eigenvalue weighted by Gasteiger charge is -1.96. The van der Waals surface area contributed by atoms with Crippen molar-refractivity contribution in [2.75, 3.05) is 5.73 Å². The number of hydrogen-bond acceptors (Lipinski definition) is 1. The molecule has 0 bridgehead atoms. The highest BCUT2D eigenvalue weighted by Crippen LogP contribution is 2.10. The summed E-state index contributed by atoms with van der Waals surface area (Å²) in [6.07, 6.45) is 1.25. The smallest absolute Gasteiger partial charge is 0.125 e. The van der Waals surface area contributed by atoms with Gasteiger partial charge in [-0.3, -0.25) is 0 Å². The standard InChI is InChI=1S/C7H8FN.C3H8.C2H6/c1-5-2-3-6(8)4-7(5)9;1-3-2;1-2/h2-4H,9H2,1H3;3H2,1-2H3;1-2H3. The second-order valence-corrected chi connectivity index (χ2v) is 2.71. The van der Waals surface area contributed by atoms with Crippen LogP contribution in [0.25, 0.3) is 0 Å². The molecule has 1 aromatic rings. The van der Waals surface area contributed by atoms with Crippen molar-refractivity contribution < 1.29 is 4.39 Å². The minimum Gasteiger partial charge on any atom is -0.398 e. The zero-order valence-corrected chi connectivity index (χ0v) is 9.89. The maximum atomic E-state index is 12.3. The molecule has 0 spiro atoms. The fourth-order valence-corrected chi connectivity index (χ4v) is 0.611. The van der Waals surface area contributed by atoms with E-state index in [1.165, 1.54) is 18.6 Å². The van der Waals surface area contributed by atoms with Crippen molar-refractivity contribution in [2.45, 2.75) is 41.0 Å². The Morgan fingerprint density at radius 3 is 1.93 bits per heavy atom.